The van der Waals surface area contributed by atoms with Crippen LogP contribution in [0.2, 0.25) is 5.02 Å². The van der Waals surface area contributed by atoms with E-state index in [9.17, 15) is 4.79 Å². The highest BCUT2D eigenvalue weighted by Crippen LogP contribution is 2.19. The van der Waals surface area contributed by atoms with Crippen LogP contribution in [-0.4, -0.2) is 12.6 Å². The Morgan fingerprint density at radius 3 is 2.71 bits per heavy atom. The summed E-state index contributed by atoms with van der Waals surface area (Å²) in [4.78, 5) is 11.3. The second-order valence-electron chi connectivity index (χ2n) is 2.66. The Bertz CT molecular complexity index is 337. The SMILES string of the molecule is CCOC(=O)c1ccc(CCl)c(Cl)c1. The van der Waals surface area contributed by atoms with Gasteiger partial charge in [0, 0.05) is 10.9 Å². The van der Waals surface area contributed by atoms with Gasteiger partial charge in [-0.05, 0) is 24.6 Å². The van der Waals surface area contributed by atoms with Gasteiger partial charge < -0.3 is 4.74 Å². The second kappa shape index (κ2) is 5.23. The fourth-order valence-electron chi connectivity index (χ4n) is 0.997. The van der Waals surface area contributed by atoms with E-state index in [1.54, 1.807) is 25.1 Å². The summed E-state index contributed by atoms with van der Waals surface area (Å²) < 4.78 is 4.83. The van der Waals surface area contributed by atoms with Gasteiger partial charge in [-0.1, -0.05) is 17.7 Å². The van der Waals surface area contributed by atoms with Crippen LogP contribution < -0.4 is 0 Å². The summed E-state index contributed by atoms with van der Waals surface area (Å²) >= 11 is 11.5. The third-order valence-corrected chi connectivity index (χ3v) is 2.35. The number of rotatable bonds is 3. The first-order valence-electron chi connectivity index (χ1n) is 4.20. The van der Waals surface area contributed by atoms with Crippen LogP contribution in [-0.2, 0) is 10.6 Å². The molecular formula is C10H10Cl2O2. The zero-order valence-corrected chi connectivity index (χ0v) is 9.23. The molecule has 1 aromatic carbocycles. The van der Waals surface area contributed by atoms with E-state index in [4.69, 9.17) is 27.9 Å². The van der Waals surface area contributed by atoms with E-state index in [2.05, 4.69) is 0 Å². The van der Waals surface area contributed by atoms with Gasteiger partial charge in [-0.15, -0.1) is 11.6 Å². The molecule has 1 aromatic rings. The zero-order chi connectivity index (χ0) is 10.6. The van der Waals surface area contributed by atoms with Crippen LogP contribution in [0, 0.1) is 0 Å². The van der Waals surface area contributed by atoms with Gasteiger partial charge in [0.2, 0.25) is 0 Å². The maximum atomic E-state index is 11.3. The van der Waals surface area contributed by atoms with E-state index in [-0.39, 0.29) is 5.97 Å². The van der Waals surface area contributed by atoms with Crippen LogP contribution in [0.25, 0.3) is 0 Å². The van der Waals surface area contributed by atoms with Gasteiger partial charge in [0.1, 0.15) is 0 Å². The van der Waals surface area contributed by atoms with Gasteiger partial charge in [-0.3, -0.25) is 0 Å². The number of hydrogen-bond donors (Lipinski definition) is 0. The number of halogens is 2. The molecule has 0 radical (unpaired) electrons. The molecule has 0 spiro atoms. The lowest BCUT2D eigenvalue weighted by atomic mass is 10.1. The summed E-state index contributed by atoms with van der Waals surface area (Å²) in [6, 6.07) is 4.94. The average Bonchev–Trinajstić information content (AvgIpc) is 2.18. The van der Waals surface area contributed by atoms with Crippen LogP contribution in [0.4, 0.5) is 0 Å². The normalized spacial score (nSPS) is 9.93. The molecule has 0 fully saturated rings. The Labute approximate surface area is 92.8 Å². The Morgan fingerprint density at radius 2 is 2.21 bits per heavy atom. The predicted octanol–water partition coefficient (Wildman–Crippen LogP) is 3.26. The van der Waals surface area contributed by atoms with Crippen molar-refractivity contribution in [2.75, 3.05) is 6.61 Å². The number of carbonyl (C=O) groups is 1. The van der Waals surface area contributed by atoms with Crippen molar-refractivity contribution in [1.82, 2.24) is 0 Å². The summed E-state index contributed by atoms with van der Waals surface area (Å²) in [6.07, 6.45) is 0. The quantitative estimate of drug-likeness (QED) is 0.591. The molecule has 0 aliphatic rings. The number of benzene rings is 1. The van der Waals surface area contributed by atoms with Crippen molar-refractivity contribution in [3.63, 3.8) is 0 Å². The number of hydrogen-bond acceptors (Lipinski definition) is 2. The molecule has 0 heterocycles. The smallest absolute Gasteiger partial charge is 0.338 e. The standard InChI is InChI=1S/C10H10Cl2O2/c1-2-14-10(13)7-3-4-8(6-11)9(12)5-7/h3-5H,2,6H2,1H3. The van der Waals surface area contributed by atoms with E-state index in [0.29, 0.717) is 23.1 Å². The van der Waals surface area contributed by atoms with E-state index in [1.807, 2.05) is 0 Å². The molecule has 14 heavy (non-hydrogen) atoms. The molecule has 0 aliphatic carbocycles. The minimum Gasteiger partial charge on any atom is -0.462 e. The van der Waals surface area contributed by atoms with Gasteiger partial charge in [-0.2, -0.15) is 0 Å². The number of ether oxygens (including phenoxy) is 1. The van der Waals surface area contributed by atoms with Crippen molar-refractivity contribution in [3.8, 4) is 0 Å². The number of esters is 1. The van der Waals surface area contributed by atoms with Gasteiger partial charge >= 0.3 is 5.97 Å². The fraction of sp³-hybridized carbons (Fsp3) is 0.300. The minimum atomic E-state index is -0.365. The van der Waals surface area contributed by atoms with Gasteiger partial charge in [0.25, 0.3) is 0 Å². The monoisotopic (exact) mass is 232 g/mol. The highest BCUT2D eigenvalue weighted by Gasteiger charge is 2.08. The van der Waals surface area contributed by atoms with Crippen molar-refractivity contribution in [2.45, 2.75) is 12.8 Å². The lowest BCUT2D eigenvalue weighted by Gasteiger charge is -2.04. The molecule has 0 atom stereocenters. The molecule has 0 unspecified atom stereocenters. The first-order valence-corrected chi connectivity index (χ1v) is 5.11. The molecule has 0 bridgehead atoms. The Hall–Kier alpha value is -0.730. The first kappa shape index (κ1) is 11.3. The topological polar surface area (TPSA) is 26.3 Å². The van der Waals surface area contributed by atoms with Gasteiger partial charge in [0.05, 0.1) is 12.2 Å². The van der Waals surface area contributed by atoms with Gasteiger partial charge in [0.15, 0.2) is 0 Å². The molecule has 1 rings (SSSR count). The molecule has 0 saturated carbocycles. The van der Waals surface area contributed by atoms with Crippen molar-refractivity contribution in [2.24, 2.45) is 0 Å². The molecule has 4 heteroatoms. The summed E-state index contributed by atoms with van der Waals surface area (Å²) in [5.41, 5.74) is 1.26. The van der Waals surface area contributed by atoms with Crippen LogP contribution >= 0.6 is 23.2 Å². The van der Waals surface area contributed by atoms with Crippen LogP contribution in [0.1, 0.15) is 22.8 Å². The summed E-state index contributed by atoms with van der Waals surface area (Å²) in [6.45, 7) is 2.11. The van der Waals surface area contributed by atoms with Crippen LogP contribution in [0.15, 0.2) is 18.2 Å². The lowest BCUT2D eigenvalue weighted by molar-refractivity contribution is 0.0526. The molecule has 0 N–H and O–H groups in total. The zero-order valence-electron chi connectivity index (χ0n) is 7.72. The third-order valence-electron chi connectivity index (χ3n) is 1.71. The van der Waals surface area contributed by atoms with E-state index >= 15 is 0 Å². The van der Waals surface area contributed by atoms with Crippen molar-refractivity contribution in [3.05, 3.63) is 34.3 Å². The Morgan fingerprint density at radius 1 is 1.50 bits per heavy atom. The summed E-state index contributed by atoms with van der Waals surface area (Å²) in [7, 11) is 0. The Balaban J connectivity index is 2.91. The van der Waals surface area contributed by atoms with Crippen molar-refractivity contribution >= 4 is 29.2 Å². The Kier molecular flexibility index (Phi) is 4.23. The van der Waals surface area contributed by atoms with Crippen molar-refractivity contribution in [1.29, 1.82) is 0 Å². The molecule has 0 saturated heterocycles. The summed E-state index contributed by atoms with van der Waals surface area (Å²) in [5.74, 6) is -0.0300. The highest BCUT2D eigenvalue weighted by molar-refractivity contribution is 6.32. The molecular weight excluding hydrogens is 223 g/mol. The predicted molar refractivity (Wildman–Crippen MR) is 57.0 cm³/mol. The van der Waals surface area contributed by atoms with Crippen LogP contribution in [0.3, 0.4) is 0 Å². The maximum absolute atomic E-state index is 11.3. The van der Waals surface area contributed by atoms with Crippen LogP contribution in [0.5, 0.6) is 0 Å². The fourth-order valence-corrected chi connectivity index (χ4v) is 1.55. The number of carbonyl (C=O) groups excluding carboxylic acids is 1. The molecule has 0 aliphatic heterocycles. The average molecular weight is 233 g/mol. The third kappa shape index (κ3) is 2.63. The highest BCUT2D eigenvalue weighted by atomic mass is 35.5. The molecule has 76 valence electrons. The number of alkyl halides is 1. The molecule has 2 nitrogen and oxygen atoms in total. The molecule has 0 amide bonds. The second-order valence-corrected chi connectivity index (χ2v) is 3.33. The molecule has 0 aromatic heterocycles. The summed E-state index contributed by atoms with van der Waals surface area (Å²) in [5, 5.41) is 0.491. The van der Waals surface area contributed by atoms with E-state index in [1.165, 1.54) is 0 Å². The first-order chi connectivity index (χ1) is 6.69. The minimum absolute atomic E-state index is 0.335. The van der Waals surface area contributed by atoms with E-state index in [0.717, 1.165) is 5.56 Å². The lowest BCUT2D eigenvalue weighted by Crippen LogP contribution is -2.04. The largest absolute Gasteiger partial charge is 0.462 e. The van der Waals surface area contributed by atoms with Gasteiger partial charge in [-0.25, -0.2) is 4.79 Å². The van der Waals surface area contributed by atoms with E-state index < -0.39 is 0 Å². The maximum Gasteiger partial charge on any atom is 0.338 e. The van der Waals surface area contributed by atoms with Crippen molar-refractivity contribution < 1.29 is 9.53 Å².